The molecule has 2 unspecified atom stereocenters. The highest BCUT2D eigenvalue weighted by Gasteiger charge is 2.37. The van der Waals surface area contributed by atoms with Gasteiger partial charge in [0.1, 0.15) is 16.4 Å². The summed E-state index contributed by atoms with van der Waals surface area (Å²) in [6.45, 7) is 6.27. The van der Waals surface area contributed by atoms with Crippen molar-refractivity contribution in [2.45, 2.75) is 88.2 Å². The van der Waals surface area contributed by atoms with E-state index in [1.54, 1.807) is 24.3 Å². The first-order chi connectivity index (χ1) is 27.7. The van der Waals surface area contributed by atoms with Gasteiger partial charge in [-0.1, -0.05) is 44.2 Å². The van der Waals surface area contributed by atoms with Gasteiger partial charge in [0, 0.05) is 27.5 Å². The zero-order chi connectivity index (χ0) is 41.8. The van der Waals surface area contributed by atoms with Gasteiger partial charge in [0.15, 0.2) is 0 Å². The Bertz CT molecular complexity index is 1940. The van der Waals surface area contributed by atoms with E-state index in [1.165, 1.54) is 29.0 Å². The van der Waals surface area contributed by atoms with E-state index < -0.39 is 23.7 Å². The number of benzene rings is 3. The van der Waals surface area contributed by atoms with Crippen molar-refractivity contribution in [3.05, 3.63) is 117 Å². The van der Waals surface area contributed by atoms with Crippen molar-refractivity contribution in [2.24, 2.45) is 23.7 Å². The molecular formula is C45H51Cl2F3O7S. The van der Waals surface area contributed by atoms with Gasteiger partial charge in [-0.15, -0.1) is 34.5 Å². The van der Waals surface area contributed by atoms with E-state index in [0.717, 1.165) is 73.3 Å². The fourth-order valence-electron chi connectivity index (χ4n) is 7.66. The summed E-state index contributed by atoms with van der Waals surface area (Å²) in [7, 11) is 0. The molecule has 58 heavy (non-hydrogen) atoms. The minimum absolute atomic E-state index is 0.0591. The third kappa shape index (κ3) is 13.4. The molecule has 314 valence electrons. The molecular weight excluding hydrogens is 812 g/mol. The van der Waals surface area contributed by atoms with Crippen molar-refractivity contribution in [3.8, 4) is 11.5 Å². The number of alkyl halides is 5. The number of carbonyl (C=O) groups is 2. The van der Waals surface area contributed by atoms with Gasteiger partial charge in [-0.3, -0.25) is 0 Å². The maximum atomic E-state index is 12.9. The molecule has 6 rings (SSSR count). The molecule has 0 bridgehead atoms. The van der Waals surface area contributed by atoms with Crippen LogP contribution in [-0.2, 0) is 23.9 Å². The molecule has 4 aromatic rings. The fourth-order valence-corrected chi connectivity index (χ4v) is 9.25. The molecule has 3 aromatic carbocycles. The molecule has 6 atom stereocenters. The van der Waals surface area contributed by atoms with Gasteiger partial charge in [0.05, 0.1) is 37.6 Å². The Kier molecular flexibility index (Phi) is 16.8. The highest BCUT2D eigenvalue weighted by Crippen LogP contribution is 2.40. The van der Waals surface area contributed by atoms with Gasteiger partial charge in [-0.05, 0) is 128 Å². The summed E-state index contributed by atoms with van der Waals surface area (Å²) in [5.74, 6) is 0.742. The SMILES string of the molecule is CC(C)c1cccc(OC[C@H]2C(Cl)CC[C@@H]2COCc2ccc(C(=O)O)s2)c1.O=C(O)c1cccc(CCC[C@H]2CCC(Cl)[C@@H]2COc2cccc(C(F)(F)F)c2)c1. The second kappa shape index (κ2) is 21.5. The van der Waals surface area contributed by atoms with E-state index in [0.29, 0.717) is 42.5 Å². The maximum absolute atomic E-state index is 12.9. The minimum Gasteiger partial charge on any atom is -0.493 e. The highest BCUT2D eigenvalue weighted by molar-refractivity contribution is 7.13. The Balaban J connectivity index is 0.000000221. The smallest absolute Gasteiger partial charge is 0.416 e. The standard InChI is InChI=1S/C23H24ClF3O3.C22H27ClO4S/c24-21-11-10-16(6-1-4-15-5-2-7-17(12-15)22(28)29)20(21)14-30-19-9-3-8-18(13-19)23(25,26)27;1-14(2)15-4-3-5-17(10-15)27-13-19-16(6-8-20(19)23)11-26-12-18-7-9-21(28-18)22(24)25/h2-3,5,7-9,12-13,16,20-21H,1,4,6,10-11,14H2,(H,28,29);3-5,7,9-10,14,16,19-20H,6,8,11-13H2,1-2H3,(H,24,25)/t16-,20+,21?;16-,19-,20?/m01/s1. The topological polar surface area (TPSA) is 102 Å². The molecule has 2 aliphatic rings. The molecule has 7 nitrogen and oxygen atoms in total. The van der Waals surface area contributed by atoms with Gasteiger partial charge in [0.2, 0.25) is 0 Å². The molecule has 0 aliphatic heterocycles. The largest absolute Gasteiger partial charge is 0.493 e. The van der Waals surface area contributed by atoms with Crippen molar-refractivity contribution < 1.29 is 47.2 Å². The molecule has 2 saturated carbocycles. The number of ether oxygens (including phenoxy) is 3. The van der Waals surface area contributed by atoms with Gasteiger partial charge in [-0.2, -0.15) is 13.2 Å². The number of hydrogen-bond acceptors (Lipinski definition) is 6. The highest BCUT2D eigenvalue weighted by atomic mass is 35.5. The number of aromatic carboxylic acids is 2. The van der Waals surface area contributed by atoms with Gasteiger partial charge >= 0.3 is 18.1 Å². The van der Waals surface area contributed by atoms with Crippen LogP contribution in [-0.4, -0.2) is 52.7 Å². The number of carboxylic acid groups (broad SMARTS) is 2. The van der Waals surface area contributed by atoms with Crippen LogP contribution < -0.4 is 9.47 Å². The molecule has 13 heteroatoms. The van der Waals surface area contributed by atoms with E-state index in [1.807, 2.05) is 24.3 Å². The summed E-state index contributed by atoms with van der Waals surface area (Å²) in [5, 5.41) is 18.1. The summed E-state index contributed by atoms with van der Waals surface area (Å²) in [6, 6.07) is 23.5. The lowest BCUT2D eigenvalue weighted by Crippen LogP contribution is -2.26. The molecule has 0 amide bonds. The average Bonchev–Trinajstić information content (AvgIpc) is 3.92. The Labute approximate surface area is 352 Å². The minimum atomic E-state index is -4.40. The van der Waals surface area contributed by atoms with Crippen LogP contribution in [0.25, 0.3) is 0 Å². The molecule has 2 fully saturated rings. The van der Waals surface area contributed by atoms with E-state index in [-0.39, 0.29) is 40.5 Å². The summed E-state index contributed by atoms with van der Waals surface area (Å²) < 4.78 is 56.3. The Hall–Kier alpha value is -3.77. The average molecular weight is 864 g/mol. The van der Waals surface area contributed by atoms with Crippen LogP contribution >= 0.6 is 34.5 Å². The van der Waals surface area contributed by atoms with Gasteiger partial charge < -0.3 is 24.4 Å². The Morgan fingerprint density at radius 1 is 0.776 bits per heavy atom. The lowest BCUT2D eigenvalue weighted by molar-refractivity contribution is -0.137. The number of hydrogen-bond donors (Lipinski definition) is 2. The van der Waals surface area contributed by atoms with Crippen molar-refractivity contribution in [3.63, 3.8) is 0 Å². The van der Waals surface area contributed by atoms with Crippen LogP contribution in [0.4, 0.5) is 13.2 Å². The molecule has 0 spiro atoms. The number of rotatable bonds is 17. The Morgan fingerprint density at radius 2 is 1.41 bits per heavy atom. The number of carboxylic acids is 2. The third-order valence-corrected chi connectivity index (χ3v) is 13.1. The zero-order valence-electron chi connectivity index (χ0n) is 32.6. The summed E-state index contributed by atoms with van der Waals surface area (Å²) >= 11 is 14.3. The van der Waals surface area contributed by atoms with Gasteiger partial charge in [-0.25, -0.2) is 9.59 Å². The van der Waals surface area contributed by atoms with Crippen LogP contribution in [0.3, 0.4) is 0 Å². The normalized spacial score (nSPS) is 21.7. The second-order valence-corrected chi connectivity index (χ2v) is 17.7. The van der Waals surface area contributed by atoms with E-state index >= 15 is 0 Å². The number of halogens is 5. The number of thiophene rings is 1. The fraction of sp³-hybridized carbons (Fsp3) is 0.467. The van der Waals surface area contributed by atoms with Crippen LogP contribution in [0.1, 0.15) is 99.9 Å². The molecule has 2 aliphatic carbocycles. The second-order valence-electron chi connectivity index (χ2n) is 15.4. The maximum Gasteiger partial charge on any atom is 0.416 e. The van der Waals surface area contributed by atoms with Crippen molar-refractivity contribution >= 4 is 46.5 Å². The molecule has 2 N–H and O–H groups in total. The summed E-state index contributed by atoms with van der Waals surface area (Å²) in [6.07, 6.45) is 1.98. The van der Waals surface area contributed by atoms with Crippen LogP contribution in [0, 0.1) is 23.7 Å². The first-order valence-electron chi connectivity index (χ1n) is 19.7. The predicted molar refractivity (Wildman–Crippen MR) is 222 cm³/mol. The lowest BCUT2D eigenvalue weighted by Gasteiger charge is -2.22. The molecule has 1 heterocycles. The van der Waals surface area contributed by atoms with E-state index in [2.05, 4.69) is 26.0 Å². The van der Waals surface area contributed by atoms with Crippen molar-refractivity contribution in [1.29, 1.82) is 0 Å². The molecule has 1 aromatic heterocycles. The first kappa shape index (κ1) is 45.3. The Morgan fingerprint density at radius 3 is 2.05 bits per heavy atom. The monoisotopic (exact) mass is 862 g/mol. The van der Waals surface area contributed by atoms with Crippen LogP contribution in [0.5, 0.6) is 11.5 Å². The van der Waals surface area contributed by atoms with E-state index in [4.69, 9.17) is 47.6 Å². The quantitative estimate of drug-likeness (QED) is 0.102. The van der Waals surface area contributed by atoms with Crippen molar-refractivity contribution in [2.75, 3.05) is 19.8 Å². The van der Waals surface area contributed by atoms with E-state index in [9.17, 15) is 22.8 Å². The van der Waals surface area contributed by atoms with Gasteiger partial charge in [0.25, 0.3) is 0 Å². The predicted octanol–water partition coefficient (Wildman–Crippen LogP) is 12.2. The molecule has 0 radical (unpaired) electrons. The van der Waals surface area contributed by atoms with Crippen molar-refractivity contribution in [1.82, 2.24) is 0 Å². The zero-order valence-corrected chi connectivity index (χ0v) is 35.0. The first-order valence-corrected chi connectivity index (χ1v) is 21.4. The third-order valence-electron chi connectivity index (χ3n) is 11.0. The van der Waals surface area contributed by atoms with Crippen LogP contribution in [0.2, 0.25) is 0 Å². The molecule has 0 saturated heterocycles. The summed E-state index contributed by atoms with van der Waals surface area (Å²) in [4.78, 5) is 23.3. The number of aryl methyl sites for hydroxylation is 1. The lowest BCUT2D eigenvalue weighted by atomic mass is 9.90. The van der Waals surface area contributed by atoms with Crippen LogP contribution in [0.15, 0.2) is 84.9 Å². The summed E-state index contributed by atoms with van der Waals surface area (Å²) in [5.41, 5.74) is 1.80.